The number of hydrogen-bond acceptors (Lipinski definition) is 4. The highest BCUT2D eigenvalue weighted by Crippen LogP contribution is 2.26. The Morgan fingerprint density at radius 2 is 1.85 bits per heavy atom. The zero-order valence-electron chi connectivity index (χ0n) is 14.0. The number of nitrogens with one attached hydrogen (secondary N) is 1. The molecule has 2 N–H and O–H groups in total. The van der Waals surface area contributed by atoms with Gasteiger partial charge in [-0.1, -0.05) is 42.5 Å². The fourth-order valence-corrected chi connectivity index (χ4v) is 2.64. The first kappa shape index (κ1) is 17.3. The Morgan fingerprint density at radius 3 is 2.62 bits per heavy atom. The Kier molecular flexibility index (Phi) is 4.79. The van der Waals surface area contributed by atoms with Gasteiger partial charge in [-0.3, -0.25) is 14.4 Å². The summed E-state index contributed by atoms with van der Waals surface area (Å²) in [5.74, 6) is -1.74. The molecule has 0 aliphatic heterocycles. The van der Waals surface area contributed by atoms with Crippen LogP contribution < -0.4 is 10.9 Å². The summed E-state index contributed by atoms with van der Waals surface area (Å²) >= 11 is 0. The van der Waals surface area contributed by atoms with E-state index in [2.05, 4.69) is 10.4 Å². The number of carboxylic acid groups (broad SMARTS) is 1. The van der Waals surface area contributed by atoms with Crippen LogP contribution in [0.15, 0.2) is 59.4 Å². The summed E-state index contributed by atoms with van der Waals surface area (Å²) in [6.45, 7) is 0.998. The summed E-state index contributed by atoms with van der Waals surface area (Å²) in [7, 11) is 0. The molecule has 1 aromatic heterocycles. The van der Waals surface area contributed by atoms with Gasteiger partial charge in [-0.25, -0.2) is 4.68 Å². The average Bonchev–Trinajstić information content (AvgIpc) is 2.63. The van der Waals surface area contributed by atoms with Gasteiger partial charge >= 0.3 is 5.97 Å². The number of aromatic nitrogens is 2. The fourth-order valence-electron chi connectivity index (χ4n) is 2.64. The summed E-state index contributed by atoms with van der Waals surface area (Å²) < 4.78 is 1.03. The quantitative estimate of drug-likeness (QED) is 0.728. The van der Waals surface area contributed by atoms with Crippen molar-refractivity contribution in [3.05, 3.63) is 65.0 Å². The van der Waals surface area contributed by atoms with Crippen molar-refractivity contribution in [1.29, 1.82) is 0 Å². The van der Waals surface area contributed by atoms with Crippen LogP contribution in [-0.2, 0) is 16.1 Å². The molecule has 1 atom stereocenters. The molecule has 7 nitrogen and oxygen atoms in total. The lowest BCUT2D eigenvalue weighted by Gasteiger charge is -2.11. The molecular weight excluding hydrogens is 334 g/mol. The van der Waals surface area contributed by atoms with Crippen molar-refractivity contribution in [3.63, 3.8) is 0 Å². The number of amides is 1. The SMILES string of the molecule is C[C@H](NC(=O)Cn1nc(-c2cccc3ccccc23)ccc1=O)C(=O)O. The minimum atomic E-state index is -1.15. The molecule has 0 saturated heterocycles. The summed E-state index contributed by atoms with van der Waals surface area (Å²) in [5.41, 5.74) is 0.962. The van der Waals surface area contributed by atoms with Crippen molar-refractivity contribution in [3.8, 4) is 11.3 Å². The second-order valence-corrected chi connectivity index (χ2v) is 5.87. The Labute approximate surface area is 148 Å². The maximum atomic E-state index is 12.0. The zero-order valence-corrected chi connectivity index (χ0v) is 14.0. The molecule has 7 heteroatoms. The molecule has 0 unspecified atom stereocenters. The number of hydrogen-bond donors (Lipinski definition) is 2. The van der Waals surface area contributed by atoms with E-state index in [1.165, 1.54) is 13.0 Å². The van der Waals surface area contributed by atoms with Gasteiger partial charge in [-0.2, -0.15) is 5.10 Å². The van der Waals surface area contributed by atoms with Crippen molar-refractivity contribution in [2.75, 3.05) is 0 Å². The lowest BCUT2D eigenvalue weighted by molar-refractivity contribution is -0.141. The van der Waals surface area contributed by atoms with Crippen LogP contribution >= 0.6 is 0 Å². The first-order valence-corrected chi connectivity index (χ1v) is 8.04. The van der Waals surface area contributed by atoms with E-state index in [-0.39, 0.29) is 6.54 Å². The van der Waals surface area contributed by atoms with Gasteiger partial charge in [-0.05, 0) is 23.8 Å². The van der Waals surface area contributed by atoms with Crippen LogP contribution in [0.25, 0.3) is 22.0 Å². The van der Waals surface area contributed by atoms with Gasteiger partial charge in [0.15, 0.2) is 0 Å². The topological polar surface area (TPSA) is 101 Å². The minimum Gasteiger partial charge on any atom is -0.480 e. The summed E-state index contributed by atoms with van der Waals surface area (Å²) in [5, 5.41) is 17.5. The first-order valence-electron chi connectivity index (χ1n) is 8.04. The fraction of sp³-hybridized carbons (Fsp3) is 0.158. The van der Waals surface area contributed by atoms with E-state index in [4.69, 9.17) is 5.11 Å². The lowest BCUT2D eigenvalue weighted by Crippen LogP contribution is -2.41. The molecule has 1 amide bonds. The predicted octanol–water partition coefficient (Wildman–Crippen LogP) is 1.65. The van der Waals surface area contributed by atoms with Gasteiger partial charge in [0.05, 0.1) is 5.69 Å². The molecule has 1 heterocycles. The number of rotatable bonds is 5. The van der Waals surface area contributed by atoms with Crippen molar-refractivity contribution in [2.45, 2.75) is 19.5 Å². The van der Waals surface area contributed by atoms with Crippen LogP contribution in [0.3, 0.4) is 0 Å². The van der Waals surface area contributed by atoms with E-state index in [1.54, 1.807) is 6.07 Å². The summed E-state index contributed by atoms with van der Waals surface area (Å²) in [6, 6.07) is 15.5. The number of carbonyl (C=O) groups excluding carboxylic acids is 1. The van der Waals surface area contributed by atoms with Crippen molar-refractivity contribution in [1.82, 2.24) is 15.1 Å². The molecule has 0 saturated carbocycles. The maximum absolute atomic E-state index is 12.0. The monoisotopic (exact) mass is 351 g/mol. The molecule has 0 aliphatic carbocycles. The molecule has 0 aliphatic rings. The first-order chi connectivity index (χ1) is 12.5. The third kappa shape index (κ3) is 3.61. The minimum absolute atomic E-state index is 0.352. The Bertz CT molecular complexity index is 1040. The smallest absolute Gasteiger partial charge is 0.325 e. The highest BCUT2D eigenvalue weighted by atomic mass is 16.4. The standard InChI is InChI=1S/C19H17N3O4/c1-12(19(25)26)20-17(23)11-22-18(24)10-9-16(21-22)15-8-4-6-13-5-2-3-7-14(13)15/h2-10,12H,11H2,1H3,(H,20,23)(H,25,26)/t12-/m0/s1. The Hall–Kier alpha value is -3.48. The van der Waals surface area contributed by atoms with Crippen LogP contribution in [0.5, 0.6) is 0 Å². The number of carbonyl (C=O) groups is 2. The average molecular weight is 351 g/mol. The predicted molar refractivity (Wildman–Crippen MR) is 96.7 cm³/mol. The van der Waals surface area contributed by atoms with Crippen LogP contribution in [0.4, 0.5) is 0 Å². The van der Waals surface area contributed by atoms with E-state index < -0.39 is 23.5 Å². The van der Waals surface area contributed by atoms with Gasteiger partial charge in [0.1, 0.15) is 12.6 Å². The van der Waals surface area contributed by atoms with Crippen molar-refractivity contribution >= 4 is 22.6 Å². The van der Waals surface area contributed by atoms with E-state index in [9.17, 15) is 14.4 Å². The van der Waals surface area contributed by atoms with Crippen molar-refractivity contribution in [2.24, 2.45) is 0 Å². The van der Waals surface area contributed by atoms with Crippen LogP contribution in [0, 0.1) is 0 Å². The van der Waals surface area contributed by atoms with E-state index >= 15 is 0 Å². The molecule has 0 spiro atoms. The van der Waals surface area contributed by atoms with Gasteiger partial charge in [0.2, 0.25) is 5.91 Å². The van der Waals surface area contributed by atoms with E-state index in [0.717, 1.165) is 21.0 Å². The molecule has 3 rings (SSSR count). The molecule has 26 heavy (non-hydrogen) atoms. The number of benzene rings is 2. The van der Waals surface area contributed by atoms with Gasteiger partial charge in [0, 0.05) is 11.6 Å². The third-order valence-electron chi connectivity index (χ3n) is 3.97. The molecule has 0 radical (unpaired) electrons. The molecule has 3 aromatic rings. The third-order valence-corrected chi connectivity index (χ3v) is 3.97. The number of fused-ring (bicyclic) bond motifs is 1. The van der Waals surface area contributed by atoms with E-state index in [1.807, 2.05) is 42.5 Å². The van der Waals surface area contributed by atoms with E-state index in [0.29, 0.717) is 5.69 Å². The Balaban J connectivity index is 1.94. The molecule has 0 fully saturated rings. The number of aliphatic carboxylic acids is 1. The highest BCUT2D eigenvalue weighted by molar-refractivity contribution is 5.95. The second kappa shape index (κ2) is 7.18. The number of nitrogens with zero attached hydrogens (tertiary/aromatic N) is 2. The number of carboxylic acids is 1. The maximum Gasteiger partial charge on any atom is 0.325 e. The van der Waals surface area contributed by atoms with Crippen LogP contribution in [0.1, 0.15) is 6.92 Å². The van der Waals surface area contributed by atoms with Gasteiger partial charge in [0.25, 0.3) is 5.56 Å². The lowest BCUT2D eigenvalue weighted by atomic mass is 10.0. The van der Waals surface area contributed by atoms with Gasteiger partial charge < -0.3 is 10.4 Å². The van der Waals surface area contributed by atoms with Crippen molar-refractivity contribution < 1.29 is 14.7 Å². The zero-order chi connectivity index (χ0) is 18.7. The molecule has 132 valence electrons. The highest BCUT2D eigenvalue weighted by Gasteiger charge is 2.15. The van der Waals surface area contributed by atoms with Crippen LogP contribution in [0.2, 0.25) is 0 Å². The summed E-state index contributed by atoms with van der Waals surface area (Å²) in [4.78, 5) is 34.8. The largest absolute Gasteiger partial charge is 0.480 e. The van der Waals surface area contributed by atoms with Gasteiger partial charge in [-0.15, -0.1) is 0 Å². The molecule has 0 bridgehead atoms. The second-order valence-electron chi connectivity index (χ2n) is 5.87. The Morgan fingerprint density at radius 1 is 1.12 bits per heavy atom. The molecule has 2 aromatic carbocycles. The summed E-state index contributed by atoms with van der Waals surface area (Å²) in [6.07, 6.45) is 0. The van der Waals surface area contributed by atoms with Crippen LogP contribution in [-0.4, -0.2) is 32.8 Å². The normalized spacial score (nSPS) is 11.9. The molecular formula is C19H17N3O4.